The molecule has 1 saturated heterocycles. The maximum absolute atomic E-state index is 12.5. The first-order valence-corrected chi connectivity index (χ1v) is 11.6. The van der Waals surface area contributed by atoms with E-state index < -0.39 is 5.60 Å². The van der Waals surface area contributed by atoms with Gasteiger partial charge in [-0.25, -0.2) is 15.0 Å². The Morgan fingerprint density at radius 1 is 1.21 bits per heavy atom. The van der Waals surface area contributed by atoms with Crippen LogP contribution in [0.2, 0.25) is 0 Å². The molecule has 1 aromatic carbocycles. The zero-order chi connectivity index (χ0) is 23.7. The normalized spacial score (nSPS) is 18.0. The van der Waals surface area contributed by atoms with Gasteiger partial charge < -0.3 is 20.4 Å². The van der Waals surface area contributed by atoms with Gasteiger partial charge in [-0.3, -0.25) is 9.48 Å². The maximum atomic E-state index is 12.5. The second-order valence-corrected chi connectivity index (χ2v) is 8.89. The largest absolute Gasteiger partial charge is 0.394 e. The molecule has 3 aromatic heterocycles. The topological polar surface area (TPSA) is 129 Å². The SMILES string of the molecule is CN1CC[C@@](O)(c2cccc(-c3nc(-c4ccnc(Nc5ccn(CCO)n5)n4)cs3)c2)C1=O. The molecule has 0 unspecified atom stereocenters. The molecule has 1 aliphatic heterocycles. The summed E-state index contributed by atoms with van der Waals surface area (Å²) in [6, 6.07) is 10.9. The summed E-state index contributed by atoms with van der Waals surface area (Å²) in [7, 11) is 1.70. The Kier molecular flexibility index (Phi) is 5.82. The smallest absolute Gasteiger partial charge is 0.258 e. The molecule has 10 nitrogen and oxygen atoms in total. The molecule has 1 fully saturated rings. The van der Waals surface area contributed by atoms with Crippen molar-refractivity contribution in [1.29, 1.82) is 0 Å². The minimum Gasteiger partial charge on any atom is -0.394 e. The zero-order valence-electron chi connectivity index (χ0n) is 18.4. The fraction of sp³-hybridized carbons (Fsp3) is 0.261. The van der Waals surface area contributed by atoms with Gasteiger partial charge in [-0.15, -0.1) is 11.3 Å². The van der Waals surface area contributed by atoms with Crippen LogP contribution in [0.1, 0.15) is 12.0 Å². The molecule has 0 spiro atoms. The van der Waals surface area contributed by atoms with Crippen LogP contribution in [-0.2, 0) is 16.9 Å². The Bertz CT molecular complexity index is 1340. The number of aliphatic hydroxyl groups is 2. The van der Waals surface area contributed by atoms with Crippen molar-refractivity contribution in [3.63, 3.8) is 0 Å². The Labute approximate surface area is 199 Å². The van der Waals surface area contributed by atoms with Crippen molar-refractivity contribution >= 4 is 29.0 Å². The lowest BCUT2D eigenvalue weighted by Gasteiger charge is -2.21. The van der Waals surface area contributed by atoms with Crippen molar-refractivity contribution in [2.45, 2.75) is 18.6 Å². The molecule has 34 heavy (non-hydrogen) atoms. The first-order chi connectivity index (χ1) is 16.5. The molecular weight excluding hydrogens is 454 g/mol. The lowest BCUT2D eigenvalue weighted by molar-refractivity contribution is -0.143. The van der Waals surface area contributed by atoms with E-state index >= 15 is 0 Å². The number of hydrogen-bond acceptors (Lipinski definition) is 9. The lowest BCUT2D eigenvalue weighted by Crippen LogP contribution is -2.36. The summed E-state index contributed by atoms with van der Waals surface area (Å²) >= 11 is 1.46. The van der Waals surface area contributed by atoms with E-state index in [1.54, 1.807) is 47.2 Å². The van der Waals surface area contributed by atoms with E-state index in [-0.39, 0.29) is 12.5 Å². The first kappa shape index (κ1) is 22.1. The molecular formula is C23H23N7O3S. The minimum atomic E-state index is -1.50. The second-order valence-electron chi connectivity index (χ2n) is 8.03. The van der Waals surface area contributed by atoms with Crippen LogP contribution < -0.4 is 5.32 Å². The quantitative estimate of drug-likeness (QED) is 0.370. The molecule has 0 saturated carbocycles. The van der Waals surface area contributed by atoms with Crippen LogP contribution in [0.5, 0.6) is 0 Å². The van der Waals surface area contributed by atoms with Crippen molar-refractivity contribution in [2.75, 3.05) is 25.5 Å². The zero-order valence-corrected chi connectivity index (χ0v) is 19.2. The third-order valence-electron chi connectivity index (χ3n) is 5.73. The summed E-state index contributed by atoms with van der Waals surface area (Å²) < 4.78 is 1.63. The predicted octanol–water partition coefficient (Wildman–Crippen LogP) is 2.25. The number of carbonyl (C=O) groups is 1. The molecule has 5 rings (SSSR count). The van der Waals surface area contributed by atoms with Crippen LogP contribution in [0.3, 0.4) is 0 Å². The van der Waals surface area contributed by atoms with Crippen LogP contribution in [0, 0.1) is 0 Å². The number of rotatable bonds is 7. The Balaban J connectivity index is 1.37. The van der Waals surface area contributed by atoms with Gasteiger partial charge in [-0.05, 0) is 17.7 Å². The Hall–Kier alpha value is -3.67. The summed E-state index contributed by atoms with van der Waals surface area (Å²) in [6.45, 7) is 0.940. The van der Waals surface area contributed by atoms with Crippen LogP contribution >= 0.6 is 11.3 Å². The molecule has 11 heteroatoms. The monoisotopic (exact) mass is 477 g/mol. The number of benzene rings is 1. The van der Waals surface area contributed by atoms with Gasteiger partial charge in [0.2, 0.25) is 5.95 Å². The number of anilines is 2. The van der Waals surface area contributed by atoms with Crippen molar-refractivity contribution in [2.24, 2.45) is 0 Å². The maximum Gasteiger partial charge on any atom is 0.258 e. The summed E-state index contributed by atoms with van der Waals surface area (Å²) in [6.07, 6.45) is 3.77. The molecule has 1 amide bonds. The van der Waals surface area contributed by atoms with Gasteiger partial charge in [0.05, 0.1) is 18.8 Å². The molecule has 0 aliphatic carbocycles. The van der Waals surface area contributed by atoms with E-state index in [4.69, 9.17) is 10.1 Å². The minimum absolute atomic E-state index is 0.00875. The molecule has 1 aliphatic rings. The van der Waals surface area contributed by atoms with Gasteiger partial charge >= 0.3 is 0 Å². The number of aromatic nitrogens is 5. The Morgan fingerprint density at radius 3 is 2.88 bits per heavy atom. The molecule has 1 atom stereocenters. The van der Waals surface area contributed by atoms with E-state index in [9.17, 15) is 9.90 Å². The van der Waals surface area contributed by atoms with Gasteiger partial charge in [-0.1, -0.05) is 18.2 Å². The number of aliphatic hydroxyl groups excluding tert-OH is 1. The number of thiazole rings is 1. The summed E-state index contributed by atoms with van der Waals surface area (Å²) in [5.41, 5.74) is 1.24. The van der Waals surface area contributed by atoms with E-state index in [1.807, 2.05) is 23.6 Å². The summed E-state index contributed by atoms with van der Waals surface area (Å²) in [5, 5.41) is 30.0. The van der Waals surface area contributed by atoms with Gasteiger partial charge in [0.25, 0.3) is 5.91 Å². The number of likely N-dealkylation sites (N-methyl/N-ethyl adjacent to an activating group) is 1. The number of nitrogens with one attached hydrogen (secondary N) is 1. The highest BCUT2D eigenvalue weighted by Gasteiger charge is 2.45. The van der Waals surface area contributed by atoms with E-state index in [0.717, 1.165) is 10.6 Å². The summed E-state index contributed by atoms with van der Waals surface area (Å²) in [4.78, 5) is 27.6. The van der Waals surface area contributed by atoms with Crippen LogP contribution in [0.25, 0.3) is 22.0 Å². The average Bonchev–Trinajstić information content (AvgIpc) is 3.58. The predicted molar refractivity (Wildman–Crippen MR) is 127 cm³/mol. The number of carbonyl (C=O) groups excluding carboxylic acids is 1. The van der Waals surface area contributed by atoms with Gasteiger partial charge in [0.1, 0.15) is 10.7 Å². The third-order valence-corrected chi connectivity index (χ3v) is 6.62. The number of nitrogens with zero attached hydrogens (tertiary/aromatic N) is 6. The van der Waals surface area contributed by atoms with Crippen molar-refractivity contribution in [1.82, 2.24) is 29.6 Å². The highest BCUT2D eigenvalue weighted by Crippen LogP contribution is 2.36. The average molecular weight is 478 g/mol. The summed E-state index contributed by atoms with van der Waals surface area (Å²) in [5.74, 6) is 0.674. The first-order valence-electron chi connectivity index (χ1n) is 10.8. The van der Waals surface area contributed by atoms with Gasteiger partial charge in [-0.2, -0.15) is 5.10 Å². The fourth-order valence-corrected chi connectivity index (χ4v) is 4.70. The number of likely N-dealkylation sites (tertiary alicyclic amines) is 1. The van der Waals surface area contributed by atoms with Crippen LogP contribution in [-0.4, -0.2) is 66.0 Å². The molecule has 0 radical (unpaired) electrons. The Morgan fingerprint density at radius 2 is 2.09 bits per heavy atom. The third kappa shape index (κ3) is 4.16. The molecule has 174 valence electrons. The second kappa shape index (κ2) is 8.93. The van der Waals surface area contributed by atoms with Gasteiger partial charge in [0, 0.05) is 49.4 Å². The highest BCUT2D eigenvalue weighted by molar-refractivity contribution is 7.13. The van der Waals surface area contributed by atoms with E-state index in [1.165, 1.54) is 11.3 Å². The van der Waals surface area contributed by atoms with Crippen molar-refractivity contribution in [3.8, 4) is 22.0 Å². The molecule has 4 heterocycles. The van der Waals surface area contributed by atoms with Crippen LogP contribution in [0.15, 0.2) is 54.2 Å². The standard InChI is InChI=1S/C23H23N7O3S/c1-29-10-7-23(33,21(29)32)16-4-2-3-15(13-16)20-25-18(14-34-20)17-5-8-24-22(26-17)27-19-6-9-30(28-19)11-12-31/h2-6,8-9,13-14,31,33H,7,10-12H2,1H3,(H,24,26,27,28)/t23-/m1/s1. The number of hydrogen-bond donors (Lipinski definition) is 3. The fourth-order valence-electron chi connectivity index (χ4n) is 3.89. The van der Waals surface area contributed by atoms with Crippen molar-refractivity contribution in [3.05, 3.63) is 59.7 Å². The van der Waals surface area contributed by atoms with E-state index in [0.29, 0.717) is 48.2 Å². The van der Waals surface area contributed by atoms with Crippen LogP contribution in [0.4, 0.5) is 11.8 Å². The molecule has 3 N–H and O–H groups in total. The van der Waals surface area contributed by atoms with E-state index in [2.05, 4.69) is 20.4 Å². The highest BCUT2D eigenvalue weighted by atomic mass is 32.1. The molecule has 4 aromatic rings. The number of amides is 1. The van der Waals surface area contributed by atoms with Crippen molar-refractivity contribution < 1.29 is 15.0 Å². The van der Waals surface area contributed by atoms with Gasteiger partial charge in [0.15, 0.2) is 11.4 Å². The lowest BCUT2D eigenvalue weighted by atomic mass is 9.91. The molecule has 0 bridgehead atoms.